The molecule has 0 saturated carbocycles. The van der Waals surface area contributed by atoms with Crippen LogP contribution in [-0.4, -0.2) is 30.1 Å². The molecule has 2 nitrogen and oxygen atoms in total. The Morgan fingerprint density at radius 3 is 2.61 bits per heavy atom. The van der Waals surface area contributed by atoms with Gasteiger partial charge in [-0.2, -0.15) is 0 Å². The molecule has 18 heavy (non-hydrogen) atoms. The normalized spacial score (nSPS) is 32.2. The number of piperidine rings is 2. The van der Waals surface area contributed by atoms with E-state index in [9.17, 15) is 0 Å². The maximum absolute atomic E-state index is 3.71. The Morgan fingerprint density at radius 1 is 1.22 bits per heavy atom. The van der Waals surface area contributed by atoms with Crippen molar-refractivity contribution in [2.24, 2.45) is 0 Å². The second-order valence-electron chi connectivity index (χ2n) is 5.73. The molecule has 2 bridgehead atoms. The highest BCUT2D eigenvalue weighted by Crippen LogP contribution is 2.34. The van der Waals surface area contributed by atoms with Crippen LogP contribution in [-0.2, 0) is 0 Å². The Hall–Kier alpha value is -0.540. The molecule has 2 unspecified atom stereocenters. The zero-order valence-electron chi connectivity index (χ0n) is 10.9. The zero-order chi connectivity index (χ0) is 12.5. The predicted octanol–water partition coefficient (Wildman–Crippen LogP) is 3.88. The van der Waals surface area contributed by atoms with Crippen LogP contribution in [0.5, 0.6) is 0 Å². The van der Waals surface area contributed by atoms with Gasteiger partial charge in [0, 0.05) is 28.3 Å². The first-order valence-electron chi connectivity index (χ1n) is 6.96. The van der Waals surface area contributed by atoms with Gasteiger partial charge in [0.25, 0.3) is 0 Å². The Kier molecular flexibility index (Phi) is 3.62. The van der Waals surface area contributed by atoms with E-state index in [-0.39, 0.29) is 0 Å². The number of benzene rings is 1. The van der Waals surface area contributed by atoms with Gasteiger partial charge in [-0.25, -0.2) is 0 Å². The second-order valence-corrected chi connectivity index (χ2v) is 6.64. The summed E-state index contributed by atoms with van der Waals surface area (Å²) in [6.07, 6.45) is 6.76. The minimum absolute atomic E-state index is 0.644. The summed E-state index contributed by atoms with van der Waals surface area (Å²) in [4.78, 5) is 2.61. The van der Waals surface area contributed by atoms with Crippen molar-refractivity contribution in [1.82, 2.24) is 4.90 Å². The summed E-state index contributed by atoms with van der Waals surface area (Å²) in [6, 6.07) is 10.7. The molecule has 3 rings (SSSR count). The average Bonchev–Trinajstić information content (AvgIpc) is 2.30. The maximum Gasteiger partial charge on any atom is 0.0353 e. The van der Waals surface area contributed by atoms with E-state index in [0.717, 1.165) is 16.6 Å². The molecule has 0 aromatic heterocycles. The Bertz CT molecular complexity index is 407. The highest BCUT2D eigenvalue weighted by atomic mass is 79.9. The van der Waals surface area contributed by atoms with Crippen LogP contribution in [0.1, 0.15) is 32.1 Å². The molecule has 0 spiro atoms. The molecule has 2 saturated heterocycles. The van der Waals surface area contributed by atoms with Crippen LogP contribution in [0.25, 0.3) is 0 Å². The lowest BCUT2D eigenvalue weighted by atomic mass is 9.82. The fourth-order valence-corrected chi connectivity index (χ4v) is 3.95. The fraction of sp³-hybridized carbons (Fsp3) is 0.600. The lowest BCUT2D eigenvalue weighted by molar-refractivity contribution is 0.0608. The number of fused-ring (bicyclic) bond motifs is 2. The van der Waals surface area contributed by atoms with E-state index >= 15 is 0 Å². The van der Waals surface area contributed by atoms with Crippen LogP contribution in [0, 0.1) is 0 Å². The molecule has 1 N–H and O–H groups in total. The van der Waals surface area contributed by atoms with Gasteiger partial charge < -0.3 is 10.2 Å². The largest absolute Gasteiger partial charge is 0.382 e. The second kappa shape index (κ2) is 5.22. The maximum atomic E-state index is 3.71. The van der Waals surface area contributed by atoms with Crippen LogP contribution >= 0.6 is 15.9 Å². The highest BCUT2D eigenvalue weighted by molar-refractivity contribution is 9.10. The van der Waals surface area contributed by atoms with Gasteiger partial charge in [-0.3, -0.25) is 0 Å². The van der Waals surface area contributed by atoms with Crippen molar-refractivity contribution in [3.63, 3.8) is 0 Å². The minimum Gasteiger partial charge on any atom is -0.382 e. The Balaban J connectivity index is 1.68. The number of hydrogen-bond donors (Lipinski definition) is 1. The fourth-order valence-electron chi connectivity index (χ4n) is 3.55. The predicted molar refractivity (Wildman–Crippen MR) is 80.0 cm³/mol. The highest BCUT2D eigenvalue weighted by Gasteiger charge is 2.35. The summed E-state index contributed by atoms with van der Waals surface area (Å²) in [7, 11) is 2.31. The molecule has 2 atom stereocenters. The topological polar surface area (TPSA) is 15.3 Å². The molecule has 2 fully saturated rings. The van der Waals surface area contributed by atoms with Crippen molar-refractivity contribution in [3.05, 3.63) is 28.7 Å². The SMILES string of the molecule is CN1C2CCCC1CC(Nc1cccc(Br)c1)C2. The van der Waals surface area contributed by atoms with E-state index in [0.29, 0.717) is 6.04 Å². The van der Waals surface area contributed by atoms with Crippen LogP contribution in [0.4, 0.5) is 5.69 Å². The molecule has 98 valence electrons. The summed E-state index contributed by atoms with van der Waals surface area (Å²) >= 11 is 3.54. The number of hydrogen-bond acceptors (Lipinski definition) is 2. The lowest BCUT2D eigenvalue weighted by Gasteiger charge is -2.47. The van der Waals surface area contributed by atoms with Gasteiger partial charge >= 0.3 is 0 Å². The van der Waals surface area contributed by atoms with E-state index in [1.54, 1.807) is 0 Å². The van der Waals surface area contributed by atoms with Gasteiger partial charge in [-0.05, 0) is 50.9 Å². The molecule has 0 radical (unpaired) electrons. The number of nitrogens with zero attached hydrogens (tertiary/aromatic N) is 1. The molecular weight excluding hydrogens is 288 g/mol. The molecule has 2 aliphatic rings. The lowest BCUT2D eigenvalue weighted by Crippen LogP contribution is -2.52. The summed E-state index contributed by atoms with van der Waals surface area (Å²) in [5, 5.41) is 3.71. The molecule has 0 aliphatic carbocycles. The van der Waals surface area contributed by atoms with Crippen molar-refractivity contribution in [2.45, 2.75) is 50.2 Å². The van der Waals surface area contributed by atoms with Crippen LogP contribution < -0.4 is 5.32 Å². The first-order chi connectivity index (χ1) is 8.72. The van der Waals surface area contributed by atoms with Crippen molar-refractivity contribution >= 4 is 21.6 Å². The van der Waals surface area contributed by atoms with Crippen molar-refractivity contribution in [2.75, 3.05) is 12.4 Å². The van der Waals surface area contributed by atoms with E-state index < -0.39 is 0 Å². The quantitative estimate of drug-likeness (QED) is 0.892. The molecule has 2 aliphatic heterocycles. The third kappa shape index (κ3) is 2.57. The monoisotopic (exact) mass is 308 g/mol. The molecule has 0 amide bonds. The zero-order valence-corrected chi connectivity index (χ0v) is 12.5. The average molecular weight is 309 g/mol. The van der Waals surface area contributed by atoms with Crippen molar-refractivity contribution < 1.29 is 0 Å². The first kappa shape index (κ1) is 12.5. The van der Waals surface area contributed by atoms with E-state index in [1.807, 2.05) is 0 Å². The van der Waals surface area contributed by atoms with E-state index in [4.69, 9.17) is 0 Å². The van der Waals surface area contributed by atoms with Crippen molar-refractivity contribution in [3.8, 4) is 0 Å². The molecule has 2 heterocycles. The standard InChI is InChI=1S/C15H21BrN2/c1-18-14-6-3-7-15(18)10-13(9-14)17-12-5-2-4-11(16)8-12/h2,4-5,8,13-15,17H,3,6-7,9-10H2,1H3. The summed E-state index contributed by atoms with van der Waals surface area (Å²) < 4.78 is 1.15. The molecule has 3 heteroatoms. The minimum atomic E-state index is 0.644. The smallest absolute Gasteiger partial charge is 0.0353 e. The van der Waals surface area contributed by atoms with Crippen LogP contribution in [0.15, 0.2) is 28.7 Å². The van der Waals surface area contributed by atoms with Gasteiger partial charge in [0.2, 0.25) is 0 Å². The van der Waals surface area contributed by atoms with Crippen LogP contribution in [0.2, 0.25) is 0 Å². The number of rotatable bonds is 2. The number of nitrogens with one attached hydrogen (secondary N) is 1. The van der Waals surface area contributed by atoms with Gasteiger partial charge in [0.15, 0.2) is 0 Å². The Morgan fingerprint density at radius 2 is 1.94 bits per heavy atom. The molecule has 1 aromatic carbocycles. The van der Waals surface area contributed by atoms with Gasteiger partial charge in [0.05, 0.1) is 0 Å². The summed E-state index contributed by atoms with van der Waals surface area (Å²) in [6.45, 7) is 0. The Labute approximate surface area is 118 Å². The number of anilines is 1. The third-order valence-electron chi connectivity index (χ3n) is 4.54. The van der Waals surface area contributed by atoms with Gasteiger partial charge in [-0.15, -0.1) is 0 Å². The van der Waals surface area contributed by atoms with Gasteiger partial charge in [-0.1, -0.05) is 28.4 Å². The third-order valence-corrected chi connectivity index (χ3v) is 5.03. The first-order valence-corrected chi connectivity index (χ1v) is 7.76. The summed E-state index contributed by atoms with van der Waals surface area (Å²) in [5.41, 5.74) is 1.25. The van der Waals surface area contributed by atoms with E-state index in [1.165, 1.54) is 37.8 Å². The molecular formula is C15H21BrN2. The van der Waals surface area contributed by atoms with E-state index in [2.05, 4.69) is 57.5 Å². The van der Waals surface area contributed by atoms with Crippen molar-refractivity contribution in [1.29, 1.82) is 0 Å². The van der Waals surface area contributed by atoms with Gasteiger partial charge in [0.1, 0.15) is 0 Å². The molecule has 1 aromatic rings. The summed E-state index contributed by atoms with van der Waals surface area (Å²) in [5.74, 6) is 0. The number of halogens is 1. The van der Waals surface area contributed by atoms with Crippen LogP contribution in [0.3, 0.4) is 0 Å².